The Morgan fingerprint density at radius 3 is 2.68 bits per heavy atom. The van der Waals surface area contributed by atoms with Gasteiger partial charge in [-0.15, -0.1) is 10.2 Å². The highest BCUT2D eigenvalue weighted by Crippen LogP contribution is 2.31. The van der Waals surface area contributed by atoms with Gasteiger partial charge in [-0.3, -0.25) is 9.36 Å². The summed E-state index contributed by atoms with van der Waals surface area (Å²) in [6.45, 7) is 1.92. The molecule has 0 spiro atoms. The maximum Gasteiger partial charge on any atom is 0.416 e. The molecule has 0 atom stereocenters. The van der Waals surface area contributed by atoms with Crippen molar-refractivity contribution in [3.05, 3.63) is 65.9 Å². The monoisotopic (exact) mass is 391 g/mol. The molecule has 0 aliphatic heterocycles. The number of halogens is 3. The lowest BCUT2D eigenvalue weighted by molar-refractivity contribution is -0.137. The van der Waals surface area contributed by atoms with Crippen molar-refractivity contribution in [3.8, 4) is 11.6 Å². The molecule has 0 radical (unpaired) electrons. The molecule has 0 fully saturated rings. The van der Waals surface area contributed by atoms with Gasteiger partial charge in [0.15, 0.2) is 11.5 Å². The predicted molar refractivity (Wildman–Crippen MR) is 93.2 cm³/mol. The fourth-order valence-electron chi connectivity index (χ4n) is 2.38. The van der Waals surface area contributed by atoms with Crippen LogP contribution in [-0.4, -0.2) is 38.8 Å². The summed E-state index contributed by atoms with van der Waals surface area (Å²) in [5.41, 5.74) is -0.682. The number of nitrogens with one attached hydrogen (secondary N) is 1. The zero-order chi connectivity index (χ0) is 20.1. The first-order chi connectivity index (χ1) is 13.3. The third kappa shape index (κ3) is 4.64. The summed E-state index contributed by atoms with van der Waals surface area (Å²) in [6, 6.07) is 7.70. The fourth-order valence-corrected chi connectivity index (χ4v) is 2.38. The highest BCUT2D eigenvalue weighted by atomic mass is 19.4. The number of hydrogen-bond donors (Lipinski definition) is 1. The molecule has 0 saturated heterocycles. The average Bonchev–Trinajstić information content (AvgIpc) is 3.11. The Morgan fingerprint density at radius 2 is 2.04 bits per heavy atom. The van der Waals surface area contributed by atoms with Crippen LogP contribution in [0.5, 0.6) is 5.75 Å². The number of rotatable bonds is 6. The van der Waals surface area contributed by atoms with E-state index in [1.54, 1.807) is 23.0 Å². The lowest BCUT2D eigenvalue weighted by Crippen LogP contribution is -2.29. The van der Waals surface area contributed by atoms with Gasteiger partial charge in [0.2, 0.25) is 0 Å². The first-order valence-electron chi connectivity index (χ1n) is 8.27. The van der Waals surface area contributed by atoms with E-state index in [2.05, 4.69) is 20.5 Å². The summed E-state index contributed by atoms with van der Waals surface area (Å²) in [5, 5.41) is 10.4. The lowest BCUT2D eigenvalue weighted by atomic mass is 10.2. The number of benzene rings is 1. The van der Waals surface area contributed by atoms with E-state index < -0.39 is 17.6 Å². The molecule has 0 unspecified atom stereocenters. The molecule has 28 heavy (non-hydrogen) atoms. The number of amides is 1. The molecule has 0 aliphatic rings. The highest BCUT2D eigenvalue weighted by Gasteiger charge is 2.30. The van der Waals surface area contributed by atoms with Gasteiger partial charge in [0.25, 0.3) is 5.91 Å². The molecular weight excluding hydrogens is 375 g/mol. The number of ether oxygens (including phenoxy) is 1. The van der Waals surface area contributed by atoms with Crippen molar-refractivity contribution in [3.63, 3.8) is 0 Å². The van der Waals surface area contributed by atoms with Crippen LogP contribution in [0.2, 0.25) is 0 Å². The van der Waals surface area contributed by atoms with Gasteiger partial charge in [-0.25, -0.2) is 4.98 Å². The second kappa shape index (κ2) is 8.07. The van der Waals surface area contributed by atoms with E-state index in [4.69, 9.17) is 4.74 Å². The van der Waals surface area contributed by atoms with E-state index in [-0.39, 0.29) is 24.6 Å². The number of carbonyl (C=O) groups excluding carboxylic acids is 1. The second-order valence-electron chi connectivity index (χ2n) is 5.75. The number of imidazole rings is 1. The Balaban J connectivity index is 1.50. The van der Waals surface area contributed by atoms with Crippen LogP contribution in [0.4, 0.5) is 13.2 Å². The Labute approximate surface area is 158 Å². The minimum absolute atomic E-state index is 0.00674. The minimum atomic E-state index is -4.44. The fraction of sp³-hybridized carbons (Fsp3) is 0.222. The average molecular weight is 391 g/mol. The van der Waals surface area contributed by atoms with Gasteiger partial charge in [0, 0.05) is 12.4 Å². The molecule has 0 aliphatic carbocycles. The van der Waals surface area contributed by atoms with Gasteiger partial charge in [-0.05, 0) is 37.3 Å². The summed E-state index contributed by atoms with van der Waals surface area (Å²) in [7, 11) is 0. The standard InChI is InChI=1S/C18H16F3N5O2/c1-12-22-7-9-26(12)16-6-5-15(24-25-16)17(27)23-8-10-28-14-4-2-3-13(11-14)18(19,20)21/h2-7,9,11H,8,10H2,1H3,(H,23,27). The van der Waals surface area contributed by atoms with Crippen molar-refractivity contribution in [2.24, 2.45) is 0 Å². The SMILES string of the molecule is Cc1nccn1-c1ccc(C(=O)NCCOc2cccc(C(F)(F)F)c2)nn1. The molecule has 0 saturated carbocycles. The van der Waals surface area contributed by atoms with Gasteiger partial charge >= 0.3 is 6.18 Å². The molecule has 0 bridgehead atoms. The van der Waals surface area contributed by atoms with E-state index in [0.29, 0.717) is 5.82 Å². The first-order valence-corrected chi connectivity index (χ1v) is 8.27. The Hall–Kier alpha value is -3.43. The number of carbonyl (C=O) groups is 1. The van der Waals surface area contributed by atoms with Crippen molar-refractivity contribution in [1.82, 2.24) is 25.1 Å². The zero-order valence-electron chi connectivity index (χ0n) is 14.8. The molecule has 10 heteroatoms. The van der Waals surface area contributed by atoms with E-state index >= 15 is 0 Å². The zero-order valence-corrected chi connectivity index (χ0v) is 14.8. The van der Waals surface area contributed by atoms with Crippen LogP contribution in [-0.2, 0) is 6.18 Å². The molecule has 1 aromatic carbocycles. The van der Waals surface area contributed by atoms with Crippen molar-refractivity contribution in [1.29, 1.82) is 0 Å². The summed E-state index contributed by atoms with van der Waals surface area (Å²) in [4.78, 5) is 16.2. The molecule has 3 aromatic rings. The van der Waals surface area contributed by atoms with E-state index in [0.717, 1.165) is 18.0 Å². The van der Waals surface area contributed by atoms with Crippen LogP contribution >= 0.6 is 0 Å². The molecular formula is C18H16F3N5O2. The molecule has 2 heterocycles. The summed E-state index contributed by atoms with van der Waals surface area (Å²) in [5.74, 6) is 0.871. The molecule has 146 valence electrons. The van der Waals surface area contributed by atoms with Crippen molar-refractivity contribution < 1.29 is 22.7 Å². The highest BCUT2D eigenvalue weighted by molar-refractivity contribution is 5.92. The second-order valence-corrected chi connectivity index (χ2v) is 5.75. The quantitative estimate of drug-likeness (QED) is 0.654. The smallest absolute Gasteiger partial charge is 0.416 e. The number of nitrogens with zero attached hydrogens (tertiary/aromatic N) is 4. The number of hydrogen-bond acceptors (Lipinski definition) is 5. The lowest BCUT2D eigenvalue weighted by Gasteiger charge is -2.10. The van der Waals surface area contributed by atoms with Gasteiger partial charge in [0.1, 0.15) is 18.2 Å². The minimum Gasteiger partial charge on any atom is -0.492 e. The number of alkyl halides is 3. The normalized spacial score (nSPS) is 11.3. The van der Waals surface area contributed by atoms with Crippen molar-refractivity contribution in [2.45, 2.75) is 13.1 Å². The van der Waals surface area contributed by atoms with Crippen LogP contribution < -0.4 is 10.1 Å². The third-order valence-corrected chi connectivity index (χ3v) is 3.77. The van der Waals surface area contributed by atoms with Crippen LogP contribution in [0, 0.1) is 6.92 Å². The maximum atomic E-state index is 12.7. The molecule has 2 aromatic heterocycles. The van der Waals surface area contributed by atoms with Crippen molar-refractivity contribution >= 4 is 5.91 Å². The van der Waals surface area contributed by atoms with Crippen LogP contribution in [0.3, 0.4) is 0 Å². The van der Waals surface area contributed by atoms with Gasteiger partial charge in [-0.1, -0.05) is 6.07 Å². The Morgan fingerprint density at radius 1 is 1.21 bits per heavy atom. The Bertz CT molecular complexity index is 954. The van der Waals surface area contributed by atoms with Gasteiger partial charge in [-0.2, -0.15) is 13.2 Å². The summed E-state index contributed by atoms with van der Waals surface area (Å²) < 4.78 is 44.9. The van der Waals surface area contributed by atoms with E-state index in [1.165, 1.54) is 18.2 Å². The van der Waals surface area contributed by atoms with Crippen molar-refractivity contribution in [2.75, 3.05) is 13.2 Å². The molecule has 1 amide bonds. The summed E-state index contributed by atoms with van der Waals surface area (Å²) >= 11 is 0. The Kier molecular flexibility index (Phi) is 5.57. The van der Waals surface area contributed by atoms with E-state index in [9.17, 15) is 18.0 Å². The molecule has 7 nitrogen and oxygen atoms in total. The van der Waals surface area contributed by atoms with Crippen LogP contribution in [0.25, 0.3) is 5.82 Å². The largest absolute Gasteiger partial charge is 0.492 e. The maximum absolute atomic E-state index is 12.7. The predicted octanol–water partition coefficient (Wildman–Crippen LogP) is 2.80. The van der Waals surface area contributed by atoms with Gasteiger partial charge < -0.3 is 10.1 Å². The number of aromatic nitrogens is 4. The third-order valence-electron chi connectivity index (χ3n) is 3.77. The molecule has 3 rings (SSSR count). The van der Waals surface area contributed by atoms with E-state index in [1.807, 2.05) is 6.92 Å². The molecule has 1 N–H and O–H groups in total. The van der Waals surface area contributed by atoms with Crippen LogP contribution in [0.1, 0.15) is 21.9 Å². The van der Waals surface area contributed by atoms with Gasteiger partial charge in [0.05, 0.1) is 12.1 Å². The summed E-state index contributed by atoms with van der Waals surface area (Å²) in [6.07, 6.45) is -1.08. The topological polar surface area (TPSA) is 81.9 Å². The number of aryl methyl sites for hydroxylation is 1. The first kappa shape index (κ1) is 19.3. The van der Waals surface area contributed by atoms with Crippen LogP contribution in [0.15, 0.2) is 48.8 Å².